The Labute approximate surface area is 117 Å². The van der Waals surface area contributed by atoms with E-state index in [2.05, 4.69) is 5.32 Å². The Bertz CT molecular complexity index is 647. The van der Waals surface area contributed by atoms with Crippen LogP contribution in [-0.2, 0) is 0 Å². The highest BCUT2D eigenvalue weighted by atomic mass is 16.6. The molecule has 5 nitrogen and oxygen atoms in total. The van der Waals surface area contributed by atoms with Crippen molar-refractivity contribution in [1.82, 2.24) is 0 Å². The van der Waals surface area contributed by atoms with Gasteiger partial charge in [0.1, 0.15) is 17.2 Å². The average molecular weight is 274 g/mol. The van der Waals surface area contributed by atoms with E-state index in [-0.39, 0.29) is 16.7 Å². The quantitative estimate of drug-likeness (QED) is 0.667. The lowest BCUT2D eigenvalue weighted by molar-refractivity contribution is -0.384. The Morgan fingerprint density at radius 2 is 1.85 bits per heavy atom. The van der Waals surface area contributed by atoms with Crippen molar-refractivity contribution in [3.8, 4) is 0 Å². The number of nitrogens with one attached hydrogen (secondary N) is 1. The maximum Gasteiger partial charge on any atom is 0.292 e. The molecule has 1 aromatic heterocycles. The van der Waals surface area contributed by atoms with Crippen LogP contribution in [0.25, 0.3) is 0 Å². The Morgan fingerprint density at radius 1 is 1.20 bits per heavy atom. The van der Waals surface area contributed by atoms with Gasteiger partial charge in [-0.1, -0.05) is 0 Å². The van der Waals surface area contributed by atoms with Gasteiger partial charge in [-0.3, -0.25) is 10.1 Å². The number of furan rings is 1. The molecule has 0 bridgehead atoms. The molecule has 2 rings (SSSR count). The highest BCUT2D eigenvalue weighted by Gasteiger charge is 2.18. The molecule has 20 heavy (non-hydrogen) atoms. The summed E-state index contributed by atoms with van der Waals surface area (Å²) in [4.78, 5) is 10.8. The normalized spacial score (nSPS) is 12.2. The summed E-state index contributed by atoms with van der Waals surface area (Å²) in [6.07, 6.45) is 0. The molecule has 0 amide bonds. The summed E-state index contributed by atoms with van der Waals surface area (Å²) in [6, 6.07) is 7.02. The number of benzene rings is 1. The number of hydrogen-bond acceptors (Lipinski definition) is 4. The van der Waals surface area contributed by atoms with Gasteiger partial charge in [-0.15, -0.1) is 0 Å². The highest BCUT2D eigenvalue weighted by Crippen LogP contribution is 2.31. The number of anilines is 1. The van der Waals surface area contributed by atoms with E-state index in [1.807, 2.05) is 39.8 Å². The van der Waals surface area contributed by atoms with Crippen molar-refractivity contribution >= 4 is 11.4 Å². The van der Waals surface area contributed by atoms with Crippen molar-refractivity contribution in [3.05, 3.63) is 57.0 Å². The minimum absolute atomic E-state index is 0.0863. The van der Waals surface area contributed by atoms with Gasteiger partial charge in [0.05, 0.1) is 11.0 Å². The highest BCUT2D eigenvalue weighted by molar-refractivity contribution is 5.65. The summed E-state index contributed by atoms with van der Waals surface area (Å²) in [5, 5.41) is 14.3. The number of rotatable bonds is 4. The zero-order chi connectivity index (χ0) is 14.9. The minimum atomic E-state index is -0.366. The first-order chi connectivity index (χ1) is 9.38. The summed E-state index contributed by atoms with van der Waals surface area (Å²) in [7, 11) is 0. The molecule has 0 fully saturated rings. The molecule has 1 aromatic carbocycles. The summed E-state index contributed by atoms with van der Waals surface area (Å²) in [5.41, 5.74) is 2.52. The second-order valence-corrected chi connectivity index (χ2v) is 5.03. The van der Waals surface area contributed by atoms with Gasteiger partial charge >= 0.3 is 0 Å². The van der Waals surface area contributed by atoms with Crippen molar-refractivity contribution in [2.24, 2.45) is 0 Å². The zero-order valence-corrected chi connectivity index (χ0v) is 12.1. The van der Waals surface area contributed by atoms with Gasteiger partial charge < -0.3 is 9.73 Å². The second-order valence-electron chi connectivity index (χ2n) is 5.03. The van der Waals surface area contributed by atoms with Crippen LogP contribution < -0.4 is 5.32 Å². The monoisotopic (exact) mass is 274 g/mol. The molecule has 1 unspecified atom stereocenters. The van der Waals surface area contributed by atoms with E-state index in [1.54, 1.807) is 12.1 Å². The van der Waals surface area contributed by atoms with Crippen LogP contribution in [0.5, 0.6) is 0 Å². The van der Waals surface area contributed by atoms with Crippen LogP contribution in [-0.4, -0.2) is 4.92 Å². The molecule has 0 aliphatic carbocycles. The Kier molecular flexibility index (Phi) is 3.79. The van der Waals surface area contributed by atoms with Crippen LogP contribution in [0.15, 0.2) is 28.7 Å². The largest absolute Gasteiger partial charge is 0.464 e. The van der Waals surface area contributed by atoms with Crippen LogP contribution in [0, 0.1) is 30.9 Å². The van der Waals surface area contributed by atoms with Crippen LogP contribution >= 0.6 is 0 Å². The predicted molar refractivity (Wildman–Crippen MR) is 78.1 cm³/mol. The first-order valence-electron chi connectivity index (χ1n) is 6.47. The molecule has 1 atom stereocenters. The van der Waals surface area contributed by atoms with E-state index in [9.17, 15) is 10.1 Å². The van der Waals surface area contributed by atoms with Crippen LogP contribution in [0.2, 0.25) is 0 Å². The maximum absolute atomic E-state index is 11.1. The SMILES string of the molecule is Cc1ccc(C(C)Nc2cc(C)c(C)cc2[N+](=O)[O-])o1. The lowest BCUT2D eigenvalue weighted by Gasteiger charge is -2.14. The van der Waals surface area contributed by atoms with Gasteiger partial charge in [-0.05, 0) is 57.0 Å². The fourth-order valence-corrected chi connectivity index (χ4v) is 2.06. The third-order valence-corrected chi connectivity index (χ3v) is 3.37. The molecule has 0 saturated carbocycles. The van der Waals surface area contributed by atoms with Gasteiger partial charge in [-0.25, -0.2) is 0 Å². The number of aryl methyl sites for hydroxylation is 3. The van der Waals surface area contributed by atoms with Crippen LogP contribution in [0.4, 0.5) is 11.4 Å². The predicted octanol–water partition coefficient (Wildman–Crippen LogP) is 4.29. The molecule has 0 spiro atoms. The molecule has 0 aliphatic heterocycles. The zero-order valence-electron chi connectivity index (χ0n) is 12.1. The Hall–Kier alpha value is -2.30. The van der Waals surface area contributed by atoms with E-state index < -0.39 is 0 Å². The summed E-state index contributed by atoms with van der Waals surface area (Å²) in [6.45, 7) is 7.59. The van der Waals surface area contributed by atoms with Crippen molar-refractivity contribution in [2.45, 2.75) is 33.7 Å². The fourth-order valence-electron chi connectivity index (χ4n) is 2.06. The minimum Gasteiger partial charge on any atom is -0.464 e. The summed E-state index contributed by atoms with van der Waals surface area (Å²) < 4.78 is 5.54. The smallest absolute Gasteiger partial charge is 0.292 e. The first kappa shape index (κ1) is 14.1. The van der Waals surface area contributed by atoms with E-state index in [1.165, 1.54) is 0 Å². The topological polar surface area (TPSA) is 68.3 Å². The number of nitrogens with zero attached hydrogens (tertiary/aromatic N) is 1. The standard InChI is InChI=1S/C15H18N2O3/c1-9-7-13(14(17(18)19)8-10(9)2)16-12(4)15-6-5-11(3)20-15/h5-8,12,16H,1-4H3. The van der Waals surface area contributed by atoms with Gasteiger partial charge in [-0.2, -0.15) is 0 Å². The lowest BCUT2D eigenvalue weighted by atomic mass is 10.1. The van der Waals surface area contributed by atoms with E-state index >= 15 is 0 Å². The van der Waals surface area contributed by atoms with Crippen molar-refractivity contribution < 1.29 is 9.34 Å². The van der Waals surface area contributed by atoms with Crippen molar-refractivity contribution in [1.29, 1.82) is 0 Å². The van der Waals surface area contributed by atoms with Gasteiger partial charge in [0, 0.05) is 6.07 Å². The fraction of sp³-hybridized carbons (Fsp3) is 0.333. The van der Waals surface area contributed by atoms with Crippen LogP contribution in [0.3, 0.4) is 0 Å². The molecule has 1 N–H and O–H groups in total. The third kappa shape index (κ3) is 2.82. The third-order valence-electron chi connectivity index (χ3n) is 3.37. The second kappa shape index (κ2) is 5.36. The maximum atomic E-state index is 11.1. The number of hydrogen-bond donors (Lipinski definition) is 1. The molecular weight excluding hydrogens is 256 g/mol. The van der Waals surface area contributed by atoms with E-state index in [0.29, 0.717) is 5.69 Å². The molecule has 1 heterocycles. The molecule has 0 aliphatic rings. The number of nitro benzene ring substituents is 1. The van der Waals surface area contributed by atoms with E-state index in [0.717, 1.165) is 22.6 Å². The lowest BCUT2D eigenvalue weighted by Crippen LogP contribution is -2.08. The molecule has 106 valence electrons. The van der Waals surface area contributed by atoms with Crippen LogP contribution in [0.1, 0.15) is 35.6 Å². The Balaban J connectivity index is 2.33. The number of nitro groups is 1. The van der Waals surface area contributed by atoms with Crippen molar-refractivity contribution in [3.63, 3.8) is 0 Å². The van der Waals surface area contributed by atoms with Gasteiger partial charge in [0.2, 0.25) is 0 Å². The van der Waals surface area contributed by atoms with Gasteiger partial charge in [0.15, 0.2) is 0 Å². The molecule has 0 saturated heterocycles. The first-order valence-corrected chi connectivity index (χ1v) is 6.47. The average Bonchev–Trinajstić information content (AvgIpc) is 2.80. The molecule has 2 aromatic rings. The Morgan fingerprint density at radius 3 is 2.40 bits per heavy atom. The van der Waals surface area contributed by atoms with Crippen molar-refractivity contribution in [2.75, 3.05) is 5.32 Å². The summed E-state index contributed by atoms with van der Waals surface area (Å²) >= 11 is 0. The molecular formula is C15H18N2O3. The molecule has 5 heteroatoms. The molecule has 0 radical (unpaired) electrons. The van der Waals surface area contributed by atoms with Gasteiger partial charge in [0.25, 0.3) is 5.69 Å². The summed E-state index contributed by atoms with van der Waals surface area (Å²) in [5.74, 6) is 1.58. The van der Waals surface area contributed by atoms with E-state index in [4.69, 9.17) is 4.42 Å².